The van der Waals surface area contributed by atoms with Gasteiger partial charge in [-0.1, -0.05) is 6.92 Å². The van der Waals surface area contributed by atoms with Crippen molar-refractivity contribution in [2.75, 3.05) is 18.9 Å². The number of hydrogen-bond donors (Lipinski definition) is 1. The van der Waals surface area contributed by atoms with Crippen molar-refractivity contribution in [2.45, 2.75) is 37.1 Å². The highest BCUT2D eigenvalue weighted by atomic mass is 32.2. The number of nitrogens with one attached hydrogen (secondary N) is 1. The quantitative estimate of drug-likeness (QED) is 0.615. The van der Waals surface area contributed by atoms with Crippen molar-refractivity contribution in [1.29, 1.82) is 0 Å². The van der Waals surface area contributed by atoms with Gasteiger partial charge >= 0.3 is 0 Å². The van der Waals surface area contributed by atoms with Gasteiger partial charge in [-0.3, -0.25) is 10.1 Å². The van der Waals surface area contributed by atoms with Gasteiger partial charge < -0.3 is 5.32 Å². The van der Waals surface area contributed by atoms with Crippen LogP contribution >= 0.6 is 0 Å². The molecule has 21 heavy (non-hydrogen) atoms. The highest BCUT2D eigenvalue weighted by Crippen LogP contribution is 2.34. The van der Waals surface area contributed by atoms with Gasteiger partial charge in [0.15, 0.2) is 4.90 Å². The van der Waals surface area contributed by atoms with Crippen LogP contribution in [0.4, 0.5) is 11.4 Å². The summed E-state index contributed by atoms with van der Waals surface area (Å²) in [5.74, 6) is 0. The normalized spacial score (nSPS) is 15.2. The van der Waals surface area contributed by atoms with Crippen molar-refractivity contribution in [2.24, 2.45) is 0 Å². The Morgan fingerprint density at radius 3 is 2.62 bits per heavy atom. The summed E-state index contributed by atoms with van der Waals surface area (Å²) in [6.07, 6.45) is 2.48. The number of sulfonamides is 1. The molecule has 0 radical (unpaired) electrons. The first kappa shape index (κ1) is 15.7. The van der Waals surface area contributed by atoms with E-state index in [1.165, 1.54) is 29.6 Å². The molecule has 8 heteroatoms. The van der Waals surface area contributed by atoms with Crippen molar-refractivity contribution < 1.29 is 13.3 Å². The summed E-state index contributed by atoms with van der Waals surface area (Å²) < 4.78 is 26.4. The highest BCUT2D eigenvalue weighted by Gasteiger charge is 2.38. The number of nitro groups is 1. The third kappa shape index (κ3) is 3.33. The van der Waals surface area contributed by atoms with E-state index in [0.29, 0.717) is 12.2 Å². The molecule has 0 bridgehead atoms. The van der Waals surface area contributed by atoms with Crippen molar-refractivity contribution in [1.82, 2.24) is 4.31 Å². The van der Waals surface area contributed by atoms with Crippen LogP contribution in [0.15, 0.2) is 23.1 Å². The lowest BCUT2D eigenvalue weighted by Gasteiger charge is -2.17. The van der Waals surface area contributed by atoms with Gasteiger partial charge in [-0.15, -0.1) is 0 Å². The molecule has 0 amide bonds. The molecule has 7 nitrogen and oxygen atoms in total. The standard InChI is InChI=1S/C13H19N3O4S/c1-3-8-14-10-4-7-12(16(17)18)13(9-10)21(19,20)15(2)11-5-6-11/h4,7,9,11,14H,3,5-6,8H2,1-2H3. The largest absolute Gasteiger partial charge is 0.385 e. The first-order valence-corrected chi connectivity index (χ1v) is 8.32. The zero-order valence-electron chi connectivity index (χ0n) is 12.1. The van der Waals surface area contributed by atoms with Crippen LogP contribution in [0, 0.1) is 10.1 Å². The predicted octanol–water partition coefficient (Wildman–Crippen LogP) is 2.20. The van der Waals surface area contributed by atoms with Crippen LogP contribution in [-0.4, -0.2) is 37.3 Å². The van der Waals surface area contributed by atoms with Gasteiger partial charge in [0.25, 0.3) is 5.69 Å². The number of hydrogen-bond acceptors (Lipinski definition) is 5. The fourth-order valence-corrected chi connectivity index (χ4v) is 3.64. The monoisotopic (exact) mass is 313 g/mol. The van der Waals surface area contributed by atoms with E-state index in [1.54, 1.807) is 0 Å². The van der Waals surface area contributed by atoms with Crippen LogP contribution < -0.4 is 5.32 Å². The van der Waals surface area contributed by atoms with E-state index in [0.717, 1.165) is 19.3 Å². The SMILES string of the molecule is CCCNc1ccc([N+](=O)[O-])c(S(=O)(=O)N(C)C2CC2)c1. The van der Waals surface area contributed by atoms with Crippen LogP contribution in [0.5, 0.6) is 0 Å². The maximum absolute atomic E-state index is 12.6. The van der Waals surface area contributed by atoms with Crippen LogP contribution in [0.1, 0.15) is 26.2 Å². The minimum Gasteiger partial charge on any atom is -0.385 e. The molecule has 0 aliphatic heterocycles. The molecule has 0 unspecified atom stereocenters. The average molecular weight is 313 g/mol. The molecule has 1 N–H and O–H groups in total. The molecule has 1 saturated carbocycles. The van der Waals surface area contributed by atoms with E-state index in [2.05, 4.69) is 5.32 Å². The maximum Gasteiger partial charge on any atom is 0.289 e. The Morgan fingerprint density at radius 1 is 1.43 bits per heavy atom. The predicted molar refractivity (Wildman–Crippen MR) is 79.8 cm³/mol. The van der Waals surface area contributed by atoms with Crippen molar-refractivity contribution in [3.63, 3.8) is 0 Å². The molecule has 1 fully saturated rings. The third-order valence-corrected chi connectivity index (χ3v) is 5.39. The molecule has 1 aromatic rings. The highest BCUT2D eigenvalue weighted by molar-refractivity contribution is 7.89. The van der Waals surface area contributed by atoms with E-state index in [4.69, 9.17) is 0 Å². The van der Waals surface area contributed by atoms with Crippen LogP contribution in [0.2, 0.25) is 0 Å². The summed E-state index contributed by atoms with van der Waals surface area (Å²) in [5, 5.41) is 14.2. The molecule has 0 saturated heterocycles. The van der Waals surface area contributed by atoms with Gasteiger partial charge in [0, 0.05) is 31.4 Å². The molecule has 1 aliphatic rings. The van der Waals surface area contributed by atoms with E-state index >= 15 is 0 Å². The fraction of sp³-hybridized carbons (Fsp3) is 0.538. The smallest absolute Gasteiger partial charge is 0.289 e. The number of nitrogens with zero attached hydrogens (tertiary/aromatic N) is 2. The second-order valence-corrected chi connectivity index (χ2v) is 7.08. The van der Waals surface area contributed by atoms with Crippen molar-refractivity contribution >= 4 is 21.4 Å². The average Bonchev–Trinajstić information content (AvgIpc) is 3.28. The Balaban J connectivity index is 2.44. The molecule has 1 aliphatic carbocycles. The molecular weight excluding hydrogens is 294 g/mol. The van der Waals surface area contributed by atoms with Crippen LogP contribution in [-0.2, 0) is 10.0 Å². The van der Waals surface area contributed by atoms with Crippen molar-refractivity contribution in [3.8, 4) is 0 Å². The lowest BCUT2D eigenvalue weighted by Crippen LogP contribution is -2.29. The Kier molecular flexibility index (Phi) is 4.48. The zero-order valence-corrected chi connectivity index (χ0v) is 12.9. The molecule has 0 spiro atoms. The molecular formula is C13H19N3O4S. The first-order chi connectivity index (χ1) is 9.87. The lowest BCUT2D eigenvalue weighted by molar-refractivity contribution is -0.387. The summed E-state index contributed by atoms with van der Waals surface area (Å²) in [5.41, 5.74) is 0.190. The van der Waals surface area contributed by atoms with E-state index in [-0.39, 0.29) is 16.6 Å². The molecule has 0 aromatic heterocycles. The minimum absolute atomic E-state index is 0.0399. The first-order valence-electron chi connectivity index (χ1n) is 6.88. The second-order valence-electron chi connectivity index (χ2n) is 5.12. The van der Waals surface area contributed by atoms with E-state index in [9.17, 15) is 18.5 Å². The van der Waals surface area contributed by atoms with Crippen LogP contribution in [0.3, 0.4) is 0 Å². The fourth-order valence-electron chi connectivity index (χ4n) is 2.04. The third-order valence-electron chi connectivity index (χ3n) is 3.45. The Morgan fingerprint density at radius 2 is 2.10 bits per heavy atom. The number of rotatable bonds is 7. The summed E-state index contributed by atoms with van der Waals surface area (Å²) in [6, 6.07) is 4.08. The van der Waals surface area contributed by atoms with E-state index in [1.807, 2.05) is 6.92 Å². The molecule has 0 atom stereocenters. The Hall–Kier alpha value is -1.67. The Labute approximate surface area is 124 Å². The maximum atomic E-state index is 12.6. The van der Waals surface area contributed by atoms with Crippen LogP contribution in [0.25, 0.3) is 0 Å². The molecule has 0 heterocycles. The van der Waals surface area contributed by atoms with E-state index < -0.39 is 14.9 Å². The van der Waals surface area contributed by atoms with Crippen molar-refractivity contribution in [3.05, 3.63) is 28.3 Å². The van der Waals surface area contributed by atoms with Gasteiger partial charge in [-0.25, -0.2) is 8.42 Å². The molecule has 1 aromatic carbocycles. The number of anilines is 1. The van der Waals surface area contributed by atoms with Gasteiger partial charge in [0.05, 0.1) is 4.92 Å². The van der Waals surface area contributed by atoms with Gasteiger partial charge in [-0.05, 0) is 31.4 Å². The zero-order chi connectivity index (χ0) is 15.6. The number of benzene rings is 1. The lowest BCUT2D eigenvalue weighted by atomic mass is 10.3. The van der Waals surface area contributed by atoms with Gasteiger partial charge in [0.1, 0.15) is 0 Å². The second kappa shape index (κ2) is 5.98. The summed E-state index contributed by atoms with van der Waals surface area (Å²) in [6.45, 7) is 2.66. The summed E-state index contributed by atoms with van der Waals surface area (Å²) >= 11 is 0. The van der Waals surface area contributed by atoms with Gasteiger partial charge in [-0.2, -0.15) is 4.31 Å². The molecule has 116 valence electrons. The Bertz CT molecular complexity index is 641. The van der Waals surface area contributed by atoms with Gasteiger partial charge in [0.2, 0.25) is 10.0 Å². The number of nitro benzene ring substituents is 1. The topological polar surface area (TPSA) is 92.5 Å². The minimum atomic E-state index is -3.85. The summed E-state index contributed by atoms with van der Waals surface area (Å²) in [4.78, 5) is 10.2. The molecule has 2 rings (SSSR count). The summed E-state index contributed by atoms with van der Waals surface area (Å²) in [7, 11) is -2.37.